The fraction of sp³-hybridized carbons (Fsp3) is 0.562. The quantitative estimate of drug-likeness (QED) is 0.700. The van der Waals surface area contributed by atoms with Crippen molar-refractivity contribution in [1.29, 1.82) is 0 Å². The number of carbonyl (C=O) groups is 1. The number of halogens is 1. The Balaban J connectivity index is 1.98. The van der Waals surface area contributed by atoms with E-state index in [9.17, 15) is 13.2 Å². The molecule has 7 heteroatoms. The second kappa shape index (κ2) is 8.02. The smallest absolute Gasteiger partial charge is 0.410 e. The average molecular weight is 360 g/mol. The maximum absolute atomic E-state index is 12.4. The van der Waals surface area contributed by atoms with Gasteiger partial charge in [0.1, 0.15) is 6.61 Å². The van der Waals surface area contributed by atoms with Gasteiger partial charge in [0.15, 0.2) is 0 Å². The minimum Gasteiger partial charge on any atom is -0.445 e. The number of amides is 1. The highest BCUT2D eigenvalue weighted by atomic mass is 35.7. The summed E-state index contributed by atoms with van der Waals surface area (Å²) >= 11 is 0. The van der Waals surface area contributed by atoms with Crippen molar-refractivity contribution in [1.82, 2.24) is 4.90 Å². The van der Waals surface area contributed by atoms with Crippen LogP contribution in [-0.4, -0.2) is 37.8 Å². The summed E-state index contributed by atoms with van der Waals surface area (Å²) in [5, 5.41) is 0. The Morgan fingerprint density at radius 2 is 2.00 bits per heavy atom. The van der Waals surface area contributed by atoms with E-state index >= 15 is 0 Å². The van der Waals surface area contributed by atoms with Crippen LogP contribution in [0.4, 0.5) is 4.79 Å². The van der Waals surface area contributed by atoms with E-state index in [0.717, 1.165) is 24.8 Å². The van der Waals surface area contributed by atoms with Crippen LogP contribution in [0.2, 0.25) is 0 Å². The number of ether oxygens (including phenoxy) is 1. The summed E-state index contributed by atoms with van der Waals surface area (Å²) in [6.07, 6.45) is 2.78. The van der Waals surface area contributed by atoms with Crippen molar-refractivity contribution < 1.29 is 17.9 Å². The van der Waals surface area contributed by atoms with Crippen LogP contribution in [0, 0.1) is 5.92 Å². The number of hydrogen-bond donors (Lipinski definition) is 0. The van der Waals surface area contributed by atoms with E-state index in [1.165, 1.54) is 4.90 Å². The third-order valence-corrected chi connectivity index (χ3v) is 5.35. The Kier molecular flexibility index (Phi) is 6.30. The Morgan fingerprint density at radius 1 is 1.35 bits per heavy atom. The number of hydrogen-bond acceptors (Lipinski definition) is 4. The van der Waals surface area contributed by atoms with Crippen LogP contribution in [0.1, 0.15) is 31.7 Å². The van der Waals surface area contributed by atoms with Gasteiger partial charge in [-0.2, -0.15) is 0 Å². The summed E-state index contributed by atoms with van der Waals surface area (Å²) in [6, 6.07) is 8.87. The van der Waals surface area contributed by atoms with E-state index in [1.54, 1.807) is 6.92 Å². The minimum atomic E-state index is -3.67. The Labute approximate surface area is 142 Å². The maximum Gasteiger partial charge on any atom is 0.410 e. The Morgan fingerprint density at radius 3 is 2.52 bits per heavy atom. The molecule has 0 spiro atoms. The topological polar surface area (TPSA) is 63.7 Å². The highest BCUT2D eigenvalue weighted by Gasteiger charge is 2.30. The first-order chi connectivity index (χ1) is 10.8. The molecule has 0 saturated heterocycles. The van der Waals surface area contributed by atoms with Crippen LogP contribution < -0.4 is 0 Å². The van der Waals surface area contributed by atoms with E-state index in [2.05, 4.69) is 0 Å². The second-order valence-electron chi connectivity index (χ2n) is 6.04. The van der Waals surface area contributed by atoms with Crippen molar-refractivity contribution in [3.05, 3.63) is 35.9 Å². The van der Waals surface area contributed by atoms with Gasteiger partial charge >= 0.3 is 6.09 Å². The first-order valence-corrected chi connectivity index (χ1v) is 10.2. The summed E-state index contributed by atoms with van der Waals surface area (Å²) in [5.41, 5.74) is 0.891. The predicted octanol–water partition coefficient (Wildman–Crippen LogP) is 3.38. The van der Waals surface area contributed by atoms with Crippen molar-refractivity contribution in [3.63, 3.8) is 0 Å². The SMILES string of the molecule is CC(CS(=O)(=O)Cl)N(CC1CCC1)C(=O)OCc1ccccc1. The van der Waals surface area contributed by atoms with Crippen LogP contribution in [-0.2, 0) is 20.4 Å². The van der Waals surface area contributed by atoms with E-state index in [1.807, 2.05) is 30.3 Å². The molecule has 0 aliphatic heterocycles. The normalized spacial score (nSPS) is 16.4. The molecule has 1 fully saturated rings. The third kappa shape index (κ3) is 6.03. The van der Waals surface area contributed by atoms with Gasteiger partial charge in [0.2, 0.25) is 9.05 Å². The van der Waals surface area contributed by atoms with Crippen LogP contribution in [0.3, 0.4) is 0 Å². The largest absolute Gasteiger partial charge is 0.445 e. The fourth-order valence-electron chi connectivity index (χ4n) is 2.57. The first-order valence-electron chi connectivity index (χ1n) is 7.75. The lowest BCUT2D eigenvalue weighted by molar-refractivity contribution is 0.0719. The molecule has 5 nitrogen and oxygen atoms in total. The predicted molar refractivity (Wildman–Crippen MR) is 89.8 cm³/mol. The molecule has 0 radical (unpaired) electrons. The number of nitrogens with zero attached hydrogens (tertiary/aromatic N) is 1. The molecule has 128 valence electrons. The van der Waals surface area contributed by atoms with Crippen LogP contribution >= 0.6 is 10.7 Å². The summed E-state index contributed by atoms with van der Waals surface area (Å²) < 4.78 is 28.0. The number of carbonyl (C=O) groups excluding carboxylic acids is 1. The first kappa shape index (κ1) is 18.1. The zero-order valence-electron chi connectivity index (χ0n) is 13.2. The zero-order valence-corrected chi connectivity index (χ0v) is 14.7. The van der Waals surface area contributed by atoms with Gasteiger partial charge in [-0.3, -0.25) is 0 Å². The molecule has 0 aromatic heterocycles. The fourth-order valence-corrected chi connectivity index (χ4v) is 3.87. The summed E-state index contributed by atoms with van der Waals surface area (Å²) in [4.78, 5) is 13.9. The van der Waals surface area contributed by atoms with Crippen LogP contribution in [0.25, 0.3) is 0 Å². The van der Waals surface area contributed by atoms with Gasteiger partial charge in [0.05, 0.1) is 5.75 Å². The molecule has 1 amide bonds. The molecule has 1 saturated carbocycles. The van der Waals surface area contributed by atoms with Gasteiger partial charge in [0.25, 0.3) is 0 Å². The van der Waals surface area contributed by atoms with Crippen molar-refractivity contribution >= 4 is 25.8 Å². The lowest BCUT2D eigenvalue weighted by atomic mass is 9.85. The number of benzene rings is 1. The van der Waals surface area contributed by atoms with Gasteiger partial charge in [-0.1, -0.05) is 36.8 Å². The zero-order chi connectivity index (χ0) is 16.9. The molecule has 1 unspecified atom stereocenters. The molecule has 23 heavy (non-hydrogen) atoms. The third-order valence-electron chi connectivity index (χ3n) is 4.09. The van der Waals surface area contributed by atoms with Crippen molar-refractivity contribution in [2.24, 2.45) is 5.92 Å². The molecule has 1 aromatic carbocycles. The van der Waals surface area contributed by atoms with E-state index in [-0.39, 0.29) is 12.4 Å². The molecule has 0 bridgehead atoms. The Bertz CT molecular complexity index is 616. The van der Waals surface area contributed by atoms with E-state index < -0.39 is 21.2 Å². The summed E-state index contributed by atoms with van der Waals surface area (Å²) in [6.45, 7) is 2.37. The van der Waals surface area contributed by atoms with Crippen molar-refractivity contribution in [3.8, 4) is 0 Å². The standard InChI is InChI=1S/C16H22ClNO4S/c1-13(12-23(17,20)21)18(10-14-8-5-9-14)16(19)22-11-15-6-3-2-4-7-15/h2-4,6-7,13-14H,5,8-12H2,1H3. The van der Waals surface area contributed by atoms with Crippen LogP contribution in [0.5, 0.6) is 0 Å². The molecule has 0 heterocycles. The maximum atomic E-state index is 12.4. The minimum absolute atomic E-state index is 0.168. The van der Waals surface area contributed by atoms with Gasteiger partial charge in [-0.05, 0) is 31.2 Å². The highest BCUT2D eigenvalue weighted by Crippen LogP contribution is 2.28. The molecular weight excluding hydrogens is 338 g/mol. The average Bonchev–Trinajstić information content (AvgIpc) is 2.42. The number of rotatable bonds is 7. The van der Waals surface area contributed by atoms with E-state index in [4.69, 9.17) is 15.4 Å². The van der Waals surface area contributed by atoms with Gasteiger partial charge < -0.3 is 9.64 Å². The molecule has 1 aromatic rings. The molecule has 1 atom stereocenters. The van der Waals surface area contributed by atoms with Gasteiger partial charge in [-0.25, -0.2) is 13.2 Å². The van der Waals surface area contributed by atoms with E-state index in [0.29, 0.717) is 12.5 Å². The summed E-state index contributed by atoms with van der Waals surface area (Å²) in [7, 11) is 1.66. The highest BCUT2D eigenvalue weighted by molar-refractivity contribution is 8.13. The summed E-state index contributed by atoms with van der Waals surface area (Å²) in [5.74, 6) is 0.140. The molecular formula is C16H22ClNO4S. The van der Waals surface area contributed by atoms with Gasteiger partial charge in [0, 0.05) is 23.3 Å². The van der Waals surface area contributed by atoms with Crippen molar-refractivity contribution in [2.45, 2.75) is 38.8 Å². The van der Waals surface area contributed by atoms with Crippen molar-refractivity contribution in [2.75, 3.05) is 12.3 Å². The molecule has 1 aliphatic carbocycles. The molecule has 1 aliphatic rings. The second-order valence-corrected chi connectivity index (χ2v) is 8.87. The lowest BCUT2D eigenvalue weighted by Gasteiger charge is -2.35. The molecule has 0 N–H and O–H groups in total. The lowest BCUT2D eigenvalue weighted by Crippen LogP contribution is -2.45. The van der Waals surface area contributed by atoms with Gasteiger partial charge in [-0.15, -0.1) is 0 Å². The molecule has 2 rings (SSSR count). The van der Waals surface area contributed by atoms with Crippen LogP contribution in [0.15, 0.2) is 30.3 Å². The monoisotopic (exact) mass is 359 g/mol. The Hall–Kier alpha value is -1.27.